The van der Waals surface area contributed by atoms with Gasteiger partial charge in [0.25, 0.3) is 0 Å². The summed E-state index contributed by atoms with van der Waals surface area (Å²) in [5.41, 5.74) is 0. The number of ketones is 1. The molecule has 0 heterocycles. The third-order valence-corrected chi connectivity index (χ3v) is 2.25. The number of carbonyl (C=O) groups is 2. The highest BCUT2D eigenvalue weighted by molar-refractivity contribution is 5.84. The van der Waals surface area contributed by atoms with Crippen LogP contribution in [-0.2, 0) is 14.3 Å². The molecule has 0 aliphatic heterocycles. The predicted octanol–water partition coefficient (Wildman–Crippen LogP) is 1.63. The summed E-state index contributed by atoms with van der Waals surface area (Å²) >= 11 is 0. The number of Topliss-reactive ketones (excluding diaryl/α,β-unsaturated/α-hetero) is 1. The zero-order chi connectivity index (χ0) is 12.4. The second-order valence-corrected chi connectivity index (χ2v) is 3.94. The van der Waals surface area contributed by atoms with Crippen molar-refractivity contribution in [3.05, 3.63) is 0 Å². The van der Waals surface area contributed by atoms with Crippen molar-refractivity contribution in [1.82, 2.24) is 4.90 Å². The number of rotatable bonds is 9. The van der Waals surface area contributed by atoms with Gasteiger partial charge in [0.2, 0.25) is 0 Å². The Morgan fingerprint density at radius 3 is 2.44 bits per heavy atom. The van der Waals surface area contributed by atoms with Crippen molar-refractivity contribution in [3.8, 4) is 0 Å². The zero-order valence-corrected chi connectivity index (χ0v) is 10.6. The van der Waals surface area contributed by atoms with Crippen molar-refractivity contribution in [2.75, 3.05) is 26.7 Å². The van der Waals surface area contributed by atoms with E-state index in [0.29, 0.717) is 13.2 Å². The molecule has 0 saturated heterocycles. The summed E-state index contributed by atoms with van der Waals surface area (Å²) in [6.07, 6.45) is 2.71. The molecular weight excluding hydrogens is 206 g/mol. The van der Waals surface area contributed by atoms with Crippen LogP contribution in [0.4, 0.5) is 0 Å². The van der Waals surface area contributed by atoms with Crippen LogP contribution in [0.25, 0.3) is 0 Å². The maximum Gasteiger partial charge on any atom is 0.306 e. The topological polar surface area (TPSA) is 46.6 Å². The van der Waals surface area contributed by atoms with E-state index in [1.165, 1.54) is 0 Å². The Morgan fingerprint density at radius 2 is 1.88 bits per heavy atom. The highest BCUT2D eigenvalue weighted by Crippen LogP contribution is 1.98. The second kappa shape index (κ2) is 9.33. The molecule has 0 radical (unpaired) electrons. The Kier molecular flexibility index (Phi) is 8.81. The van der Waals surface area contributed by atoms with Crippen molar-refractivity contribution >= 4 is 11.8 Å². The van der Waals surface area contributed by atoms with Crippen LogP contribution < -0.4 is 0 Å². The predicted molar refractivity (Wildman–Crippen MR) is 63.3 cm³/mol. The monoisotopic (exact) mass is 229 g/mol. The van der Waals surface area contributed by atoms with Crippen LogP contribution in [0, 0.1) is 0 Å². The van der Waals surface area contributed by atoms with Gasteiger partial charge < -0.3 is 4.74 Å². The Bertz CT molecular complexity index is 216. The van der Waals surface area contributed by atoms with Gasteiger partial charge in [0.1, 0.15) is 5.78 Å². The first-order valence-corrected chi connectivity index (χ1v) is 5.96. The maximum absolute atomic E-state index is 11.5. The van der Waals surface area contributed by atoms with Crippen LogP contribution in [0.5, 0.6) is 0 Å². The van der Waals surface area contributed by atoms with Crippen LogP contribution in [0.2, 0.25) is 0 Å². The minimum atomic E-state index is -0.285. The quantitative estimate of drug-likeness (QED) is 0.564. The lowest BCUT2D eigenvalue weighted by atomic mass is 10.2. The third kappa shape index (κ3) is 8.41. The van der Waals surface area contributed by atoms with Crippen molar-refractivity contribution < 1.29 is 14.3 Å². The number of likely N-dealkylation sites (N-methyl/N-ethyl adjacent to an activating group) is 1. The molecule has 0 amide bonds. The number of nitrogens with zero attached hydrogens (tertiary/aromatic N) is 1. The molecule has 0 saturated carbocycles. The molecule has 0 aromatic heterocycles. The fourth-order valence-electron chi connectivity index (χ4n) is 1.36. The molecule has 0 aromatic carbocycles. The van der Waals surface area contributed by atoms with Gasteiger partial charge in [-0.2, -0.15) is 0 Å². The largest absolute Gasteiger partial charge is 0.466 e. The summed E-state index contributed by atoms with van der Waals surface area (Å²) in [6.45, 7) is 5.62. The van der Waals surface area contributed by atoms with Crippen LogP contribution in [0.3, 0.4) is 0 Å². The maximum atomic E-state index is 11.5. The Morgan fingerprint density at radius 1 is 1.19 bits per heavy atom. The lowest BCUT2D eigenvalue weighted by Crippen LogP contribution is -2.27. The van der Waals surface area contributed by atoms with E-state index < -0.39 is 0 Å². The van der Waals surface area contributed by atoms with Crippen LogP contribution >= 0.6 is 0 Å². The first-order valence-electron chi connectivity index (χ1n) is 5.96. The molecule has 94 valence electrons. The van der Waals surface area contributed by atoms with Gasteiger partial charge in [-0.05, 0) is 26.9 Å². The highest BCUT2D eigenvalue weighted by atomic mass is 16.5. The molecule has 0 fully saturated rings. The van der Waals surface area contributed by atoms with Crippen molar-refractivity contribution in [1.29, 1.82) is 0 Å². The fraction of sp³-hybridized carbons (Fsp3) is 0.833. The van der Waals surface area contributed by atoms with E-state index >= 15 is 0 Å². The van der Waals surface area contributed by atoms with E-state index in [2.05, 4.69) is 6.92 Å². The van der Waals surface area contributed by atoms with Gasteiger partial charge in [-0.25, -0.2) is 0 Å². The smallest absolute Gasteiger partial charge is 0.306 e. The van der Waals surface area contributed by atoms with E-state index in [0.717, 1.165) is 19.4 Å². The number of esters is 1. The third-order valence-electron chi connectivity index (χ3n) is 2.25. The molecular formula is C12H23NO3. The first kappa shape index (κ1) is 15.1. The Labute approximate surface area is 98.0 Å². The molecule has 0 spiro atoms. The summed E-state index contributed by atoms with van der Waals surface area (Å²) in [5, 5.41) is 0. The molecule has 0 N–H and O–H groups in total. The molecule has 4 nitrogen and oxygen atoms in total. The lowest BCUT2D eigenvalue weighted by molar-refractivity contribution is -0.144. The normalized spacial score (nSPS) is 10.5. The molecule has 0 unspecified atom stereocenters. The molecule has 0 bridgehead atoms. The van der Waals surface area contributed by atoms with Gasteiger partial charge in [0.15, 0.2) is 0 Å². The SMILES string of the molecule is CCCCN(C)CC(=O)CCC(=O)OCC. The Balaban J connectivity index is 3.61. The second-order valence-electron chi connectivity index (χ2n) is 3.94. The minimum absolute atomic E-state index is 0.103. The van der Waals surface area contributed by atoms with E-state index in [1.807, 2.05) is 11.9 Å². The fourth-order valence-corrected chi connectivity index (χ4v) is 1.36. The minimum Gasteiger partial charge on any atom is -0.466 e. The number of carbonyl (C=O) groups excluding carboxylic acids is 2. The average molecular weight is 229 g/mol. The van der Waals surface area contributed by atoms with Gasteiger partial charge in [0, 0.05) is 6.42 Å². The highest BCUT2D eigenvalue weighted by Gasteiger charge is 2.09. The molecule has 0 rings (SSSR count). The average Bonchev–Trinajstić information content (AvgIpc) is 2.24. The van der Waals surface area contributed by atoms with Gasteiger partial charge in [-0.3, -0.25) is 14.5 Å². The van der Waals surface area contributed by atoms with Gasteiger partial charge in [0.05, 0.1) is 19.6 Å². The molecule has 0 aliphatic rings. The van der Waals surface area contributed by atoms with Gasteiger partial charge in [-0.15, -0.1) is 0 Å². The molecule has 0 aliphatic carbocycles. The van der Waals surface area contributed by atoms with E-state index in [4.69, 9.17) is 4.74 Å². The summed E-state index contributed by atoms with van der Waals surface area (Å²) in [7, 11) is 1.93. The lowest BCUT2D eigenvalue weighted by Gasteiger charge is -2.14. The van der Waals surface area contributed by atoms with E-state index in [1.54, 1.807) is 6.92 Å². The standard InChI is InChI=1S/C12H23NO3/c1-4-6-9-13(3)10-11(14)7-8-12(15)16-5-2/h4-10H2,1-3H3. The molecule has 0 atom stereocenters. The van der Waals surface area contributed by atoms with Crippen molar-refractivity contribution in [2.45, 2.75) is 39.5 Å². The number of hydrogen-bond donors (Lipinski definition) is 0. The molecule has 0 aromatic rings. The van der Waals surface area contributed by atoms with E-state index in [-0.39, 0.29) is 24.6 Å². The zero-order valence-electron chi connectivity index (χ0n) is 10.6. The van der Waals surface area contributed by atoms with Crippen LogP contribution in [0.1, 0.15) is 39.5 Å². The van der Waals surface area contributed by atoms with E-state index in [9.17, 15) is 9.59 Å². The van der Waals surface area contributed by atoms with Gasteiger partial charge in [-0.1, -0.05) is 13.3 Å². The van der Waals surface area contributed by atoms with Crippen LogP contribution in [-0.4, -0.2) is 43.4 Å². The molecule has 4 heteroatoms. The summed E-state index contributed by atoms with van der Waals surface area (Å²) < 4.78 is 4.76. The van der Waals surface area contributed by atoms with Crippen LogP contribution in [0.15, 0.2) is 0 Å². The first-order chi connectivity index (χ1) is 7.60. The number of hydrogen-bond acceptors (Lipinski definition) is 4. The summed E-state index contributed by atoms with van der Waals surface area (Å²) in [4.78, 5) is 24.5. The van der Waals surface area contributed by atoms with Crippen molar-refractivity contribution in [3.63, 3.8) is 0 Å². The number of ether oxygens (including phenoxy) is 1. The molecule has 16 heavy (non-hydrogen) atoms. The Hall–Kier alpha value is -0.900. The summed E-state index contributed by atoms with van der Waals surface area (Å²) in [6, 6.07) is 0. The van der Waals surface area contributed by atoms with Gasteiger partial charge >= 0.3 is 5.97 Å². The summed E-state index contributed by atoms with van der Waals surface area (Å²) in [5.74, 6) is -0.182. The van der Waals surface area contributed by atoms with Crippen molar-refractivity contribution in [2.24, 2.45) is 0 Å². The number of unbranched alkanes of at least 4 members (excludes halogenated alkanes) is 1.